The molecule has 0 aromatic carbocycles. The highest BCUT2D eigenvalue weighted by Gasteiger charge is 2.10. The summed E-state index contributed by atoms with van der Waals surface area (Å²) < 4.78 is 30.3. The molecule has 0 amide bonds. The van der Waals surface area contributed by atoms with Crippen LogP contribution in [0.4, 0.5) is 5.69 Å². The van der Waals surface area contributed by atoms with Crippen molar-refractivity contribution < 1.29 is 13.2 Å². The zero-order chi connectivity index (χ0) is 11.5. The molecule has 0 fully saturated rings. The van der Waals surface area contributed by atoms with E-state index in [9.17, 15) is 8.42 Å². The van der Waals surface area contributed by atoms with Gasteiger partial charge in [0.15, 0.2) is 0 Å². The number of ether oxygens (including phenoxy) is 1. The van der Waals surface area contributed by atoms with Gasteiger partial charge in [0, 0.05) is 10.7 Å². The Bertz CT molecular complexity index is 447. The third-order valence-electron chi connectivity index (χ3n) is 1.39. The molecule has 1 rings (SSSR count). The summed E-state index contributed by atoms with van der Waals surface area (Å²) in [5, 5.41) is 0. The molecule has 0 saturated carbocycles. The standard InChI is InChI=1S/C8H11BrN2O3S/c1-3-14-8-7(11-15(2,12)13)4-6(9)5-10-8/h4-5,11H,3H2,1-2H3. The molecule has 15 heavy (non-hydrogen) atoms. The summed E-state index contributed by atoms with van der Waals surface area (Å²) in [7, 11) is -3.33. The second kappa shape index (κ2) is 4.80. The average Bonchev–Trinajstić information content (AvgIpc) is 2.07. The van der Waals surface area contributed by atoms with Crippen molar-refractivity contribution in [2.24, 2.45) is 0 Å². The third kappa shape index (κ3) is 4.05. The molecule has 1 N–H and O–H groups in total. The number of aromatic nitrogens is 1. The Morgan fingerprint density at radius 2 is 2.27 bits per heavy atom. The summed E-state index contributed by atoms with van der Waals surface area (Å²) in [6.45, 7) is 2.22. The van der Waals surface area contributed by atoms with Crippen molar-refractivity contribution in [1.82, 2.24) is 4.98 Å². The van der Waals surface area contributed by atoms with Crippen LogP contribution in [0, 0.1) is 0 Å². The van der Waals surface area contributed by atoms with E-state index < -0.39 is 10.0 Å². The Morgan fingerprint density at radius 1 is 1.60 bits per heavy atom. The van der Waals surface area contributed by atoms with Crippen molar-refractivity contribution in [3.63, 3.8) is 0 Å². The maximum Gasteiger partial charge on any atom is 0.238 e. The minimum atomic E-state index is -3.33. The number of hydrogen-bond acceptors (Lipinski definition) is 4. The van der Waals surface area contributed by atoms with Crippen LogP contribution in [-0.2, 0) is 10.0 Å². The van der Waals surface area contributed by atoms with Gasteiger partial charge in [0.25, 0.3) is 0 Å². The third-order valence-corrected chi connectivity index (χ3v) is 2.42. The summed E-state index contributed by atoms with van der Waals surface area (Å²) in [5.41, 5.74) is 0.328. The normalized spacial score (nSPS) is 11.1. The monoisotopic (exact) mass is 294 g/mol. The maximum atomic E-state index is 11.1. The highest BCUT2D eigenvalue weighted by atomic mass is 79.9. The van der Waals surface area contributed by atoms with Crippen molar-refractivity contribution in [1.29, 1.82) is 0 Å². The minimum Gasteiger partial charge on any atom is -0.476 e. The smallest absolute Gasteiger partial charge is 0.238 e. The van der Waals surface area contributed by atoms with Gasteiger partial charge in [-0.15, -0.1) is 0 Å². The largest absolute Gasteiger partial charge is 0.476 e. The van der Waals surface area contributed by atoms with E-state index in [4.69, 9.17) is 4.74 Å². The van der Waals surface area contributed by atoms with Crippen molar-refractivity contribution in [3.8, 4) is 5.88 Å². The minimum absolute atomic E-state index is 0.270. The molecule has 5 nitrogen and oxygen atoms in total. The topological polar surface area (TPSA) is 68.3 Å². The fourth-order valence-corrected chi connectivity index (χ4v) is 1.83. The fourth-order valence-electron chi connectivity index (χ4n) is 0.951. The average molecular weight is 295 g/mol. The van der Waals surface area contributed by atoms with Gasteiger partial charge < -0.3 is 4.74 Å². The van der Waals surface area contributed by atoms with Crippen LogP contribution in [0.15, 0.2) is 16.7 Å². The van der Waals surface area contributed by atoms with E-state index in [2.05, 4.69) is 25.6 Å². The zero-order valence-electron chi connectivity index (χ0n) is 8.32. The number of halogens is 1. The molecule has 0 unspecified atom stereocenters. The van der Waals surface area contributed by atoms with Crippen molar-refractivity contribution in [2.45, 2.75) is 6.92 Å². The maximum absolute atomic E-state index is 11.1. The van der Waals surface area contributed by atoms with E-state index in [0.29, 0.717) is 16.8 Å². The highest BCUT2D eigenvalue weighted by Crippen LogP contribution is 2.25. The number of nitrogens with one attached hydrogen (secondary N) is 1. The van der Waals surface area contributed by atoms with Gasteiger partial charge in [0.1, 0.15) is 5.69 Å². The number of nitrogens with zero attached hydrogens (tertiary/aromatic N) is 1. The summed E-state index contributed by atoms with van der Waals surface area (Å²) in [6, 6.07) is 1.60. The van der Waals surface area contributed by atoms with Gasteiger partial charge in [-0.2, -0.15) is 0 Å². The quantitative estimate of drug-likeness (QED) is 0.916. The van der Waals surface area contributed by atoms with Crippen LogP contribution in [0.3, 0.4) is 0 Å². The van der Waals surface area contributed by atoms with Crippen LogP contribution in [-0.4, -0.2) is 26.3 Å². The number of hydrogen-bond donors (Lipinski definition) is 1. The lowest BCUT2D eigenvalue weighted by Gasteiger charge is -2.09. The first-order valence-electron chi connectivity index (χ1n) is 4.18. The van der Waals surface area contributed by atoms with Crippen molar-refractivity contribution in [2.75, 3.05) is 17.6 Å². The van der Waals surface area contributed by atoms with Crippen LogP contribution in [0.2, 0.25) is 0 Å². The Balaban J connectivity index is 3.07. The SMILES string of the molecule is CCOc1ncc(Br)cc1NS(C)(=O)=O. The Morgan fingerprint density at radius 3 is 2.80 bits per heavy atom. The predicted octanol–water partition coefficient (Wildman–Crippen LogP) is 1.61. The Kier molecular flexibility index (Phi) is 3.92. The Labute approximate surface area is 97.0 Å². The molecule has 7 heteroatoms. The summed E-state index contributed by atoms with van der Waals surface area (Å²) in [4.78, 5) is 3.96. The van der Waals surface area contributed by atoms with Gasteiger partial charge in [-0.25, -0.2) is 13.4 Å². The lowest BCUT2D eigenvalue weighted by molar-refractivity contribution is 0.328. The number of anilines is 1. The molecule has 0 radical (unpaired) electrons. The van der Waals surface area contributed by atoms with Gasteiger partial charge in [-0.1, -0.05) is 0 Å². The van der Waals surface area contributed by atoms with Crippen LogP contribution >= 0.6 is 15.9 Å². The molecular weight excluding hydrogens is 284 g/mol. The molecule has 0 bridgehead atoms. The molecule has 0 aliphatic carbocycles. The fraction of sp³-hybridized carbons (Fsp3) is 0.375. The van der Waals surface area contributed by atoms with Crippen LogP contribution < -0.4 is 9.46 Å². The summed E-state index contributed by atoms with van der Waals surface area (Å²) >= 11 is 3.20. The summed E-state index contributed by atoms with van der Waals surface area (Å²) in [6.07, 6.45) is 2.61. The van der Waals surface area contributed by atoms with E-state index in [1.165, 1.54) is 0 Å². The first kappa shape index (κ1) is 12.3. The molecule has 1 aromatic heterocycles. The van der Waals surface area contributed by atoms with Crippen LogP contribution in [0.5, 0.6) is 5.88 Å². The van der Waals surface area contributed by atoms with E-state index in [1.54, 1.807) is 19.2 Å². The van der Waals surface area contributed by atoms with Gasteiger partial charge in [-0.3, -0.25) is 4.72 Å². The van der Waals surface area contributed by atoms with E-state index >= 15 is 0 Å². The van der Waals surface area contributed by atoms with E-state index in [1.807, 2.05) is 0 Å². The molecule has 0 aliphatic heterocycles. The second-order valence-electron chi connectivity index (χ2n) is 2.81. The highest BCUT2D eigenvalue weighted by molar-refractivity contribution is 9.10. The molecule has 0 saturated heterocycles. The van der Waals surface area contributed by atoms with Gasteiger partial charge >= 0.3 is 0 Å². The molecule has 84 valence electrons. The predicted molar refractivity (Wildman–Crippen MR) is 61.6 cm³/mol. The first-order chi connectivity index (χ1) is 6.92. The first-order valence-corrected chi connectivity index (χ1v) is 6.87. The number of sulfonamides is 1. The molecule has 0 atom stereocenters. The number of pyridine rings is 1. The lowest BCUT2D eigenvalue weighted by Crippen LogP contribution is -2.11. The van der Waals surface area contributed by atoms with Gasteiger partial charge in [0.05, 0.1) is 12.9 Å². The molecule has 1 heterocycles. The van der Waals surface area contributed by atoms with Crippen molar-refractivity contribution >= 4 is 31.6 Å². The molecule has 0 aliphatic rings. The van der Waals surface area contributed by atoms with Crippen LogP contribution in [0.25, 0.3) is 0 Å². The molecule has 1 aromatic rings. The summed E-state index contributed by atoms with van der Waals surface area (Å²) in [5.74, 6) is 0.270. The van der Waals surface area contributed by atoms with E-state index in [-0.39, 0.29) is 5.88 Å². The Hall–Kier alpha value is -0.820. The lowest BCUT2D eigenvalue weighted by atomic mass is 10.4. The second-order valence-corrected chi connectivity index (χ2v) is 5.48. The molecular formula is C8H11BrN2O3S. The number of rotatable bonds is 4. The van der Waals surface area contributed by atoms with Crippen LogP contribution in [0.1, 0.15) is 6.92 Å². The van der Waals surface area contributed by atoms with Crippen molar-refractivity contribution in [3.05, 3.63) is 16.7 Å². The molecule has 0 spiro atoms. The zero-order valence-corrected chi connectivity index (χ0v) is 10.7. The van der Waals surface area contributed by atoms with E-state index in [0.717, 1.165) is 6.26 Å². The van der Waals surface area contributed by atoms with Gasteiger partial charge in [0.2, 0.25) is 15.9 Å². The van der Waals surface area contributed by atoms with Gasteiger partial charge in [-0.05, 0) is 28.9 Å².